The molecule has 0 bridgehead atoms. The van der Waals surface area contributed by atoms with E-state index in [-0.39, 0.29) is 18.9 Å². The molecule has 1 amide bonds. The summed E-state index contributed by atoms with van der Waals surface area (Å²) >= 11 is 0. The third-order valence-corrected chi connectivity index (χ3v) is 5.44. The lowest BCUT2D eigenvalue weighted by molar-refractivity contribution is -0.122. The molecule has 138 valence electrons. The molecule has 0 unspecified atom stereocenters. The lowest BCUT2D eigenvalue weighted by atomic mass is 10.2. The summed E-state index contributed by atoms with van der Waals surface area (Å²) in [4.78, 5) is 12.6. The minimum Gasteiger partial charge on any atom is -0.478 e. The summed E-state index contributed by atoms with van der Waals surface area (Å²) in [5.41, 5.74) is 3.17. The van der Waals surface area contributed by atoms with Gasteiger partial charge >= 0.3 is 0 Å². The van der Waals surface area contributed by atoms with E-state index >= 15 is 0 Å². The minimum absolute atomic E-state index is 0.182. The Morgan fingerprint density at radius 3 is 2.42 bits per heavy atom. The Morgan fingerprint density at radius 2 is 1.77 bits per heavy atom. The predicted molar refractivity (Wildman–Crippen MR) is 102 cm³/mol. The molecule has 1 heterocycles. The number of nitrogens with one attached hydrogen (secondary N) is 1. The van der Waals surface area contributed by atoms with Gasteiger partial charge in [0.2, 0.25) is 10.0 Å². The maximum Gasteiger partial charge on any atom is 0.265 e. The number of carbonyl (C=O) groups excluding carboxylic acids is 1. The Labute approximate surface area is 153 Å². The second-order valence-electron chi connectivity index (χ2n) is 6.56. The Hall–Kier alpha value is -2.54. The van der Waals surface area contributed by atoms with Crippen LogP contribution in [0.5, 0.6) is 5.75 Å². The van der Waals surface area contributed by atoms with Gasteiger partial charge in [0.05, 0.1) is 11.9 Å². The Morgan fingerprint density at radius 1 is 1.12 bits per heavy atom. The minimum atomic E-state index is -3.47. The van der Waals surface area contributed by atoms with Crippen LogP contribution >= 0.6 is 0 Å². The van der Waals surface area contributed by atoms with Gasteiger partial charge in [-0.1, -0.05) is 23.8 Å². The summed E-state index contributed by atoms with van der Waals surface area (Å²) in [7, 11) is -3.47. The zero-order valence-electron chi connectivity index (χ0n) is 15.0. The molecule has 3 rings (SSSR count). The molecule has 0 fully saturated rings. The van der Waals surface area contributed by atoms with Gasteiger partial charge in [-0.3, -0.25) is 9.10 Å². The summed E-state index contributed by atoms with van der Waals surface area (Å²) in [6, 6.07) is 12.8. The first-order valence-corrected chi connectivity index (χ1v) is 10.2. The number of sulfonamides is 1. The zero-order chi connectivity index (χ0) is 18.9. The standard InChI is InChI=1S/C19H22N2O4S/c1-13-4-7-15(8-5-13)20-19(22)18-10-11-21(26(3,23)24)16-12-14(2)6-9-17(16)25-18/h4-9,12,18H,10-11H2,1-3H3,(H,20,22)/t18-/m0/s1. The molecule has 0 saturated heterocycles. The highest BCUT2D eigenvalue weighted by molar-refractivity contribution is 7.92. The molecule has 0 spiro atoms. The zero-order valence-corrected chi connectivity index (χ0v) is 15.8. The molecule has 0 radical (unpaired) electrons. The van der Waals surface area contributed by atoms with Crippen LogP contribution in [-0.4, -0.2) is 33.2 Å². The van der Waals surface area contributed by atoms with E-state index in [0.717, 1.165) is 17.4 Å². The number of fused-ring (bicyclic) bond motifs is 1. The maximum absolute atomic E-state index is 12.6. The summed E-state index contributed by atoms with van der Waals surface area (Å²) in [5.74, 6) is 0.0957. The van der Waals surface area contributed by atoms with Crippen LogP contribution in [0.15, 0.2) is 42.5 Å². The van der Waals surface area contributed by atoms with Gasteiger partial charge in [0, 0.05) is 18.7 Å². The quantitative estimate of drug-likeness (QED) is 0.896. The first-order chi connectivity index (χ1) is 12.2. The van der Waals surface area contributed by atoms with Crippen LogP contribution in [0.25, 0.3) is 0 Å². The third kappa shape index (κ3) is 3.99. The topological polar surface area (TPSA) is 75.7 Å². The number of hydrogen-bond donors (Lipinski definition) is 1. The Bertz CT molecular complexity index is 923. The van der Waals surface area contributed by atoms with E-state index in [2.05, 4.69) is 5.32 Å². The van der Waals surface area contributed by atoms with Crippen molar-refractivity contribution in [2.24, 2.45) is 0 Å². The van der Waals surface area contributed by atoms with Gasteiger partial charge < -0.3 is 10.1 Å². The van der Waals surface area contributed by atoms with Crippen molar-refractivity contribution < 1.29 is 17.9 Å². The van der Waals surface area contributed by atoms with E-state index in [9.17, 15) is 13.2 Å². The monoisotopic (exact) mass is 374 g/mol. The fraction of sp³-hybridized carbons (Fsp3) is 0.316. The largest absolute Gasteiger partial charge is 0.478 e. The molecule has 7 heteroatoms. The number of amides is 1. The predicted octanol–water partition coefficient (Wildman–Crippen LogP) is 2.86. The van der Waals surface area contributed by atoms with Crippen LogP contribution in [0.2, 0.25) is 0 Å². The Balaban J connectivity index is 1.86. The van der Waals surface area contributed by atoms with Crippen molar-refractivity contribution >= 4 is 27.3 Å². The molecule has 1 aliphatic rings. The lowest BCUT2D eigenvalue weighted by Gasteiger charge is -2.21. The molecule has 0 aromatic heterocycles. The molecule has 0 aliphatic carbocycles. The molecular weight excluding hydrogens is 352 g/mol. The van der Waals surface area contributed by atoms with Crippen molar-refractivity contribution in [1.29, 1.82) is 0 Å². The number of carbonyl (C=O) groups is 1. The van der Waals surface area contributed by atoms with Crippen LogP contribution < -0.4 is 14.4 Å². The molecule has 0 saturated carbocycles. The number of rotatable bonds is 3. The fourth-order valence-corrected chi connectivity index (χ4v) is 3.81. The van der Waals surface area contributed by atoms with Crippen LogP contribution in [0.1, 0.15) is 17.5 Å². The second kappa shape index (κ2) is 6.99. The van der Waals surface area contributed by atoms with Gasteiger partial charge in [0.1, 0.15) is 5.75 Å². The van der Waals surface area contributed by atoms with Gasteiger partial charge in [0.25, 0.3) is 5.91 Å². The first-order valence-electron chi connectivity index (χ1n) is 8.36. The van der Waals surface area contributed by atoms with Gasteiger partial charge in [-0.2, -0.15) is 0 Å². The molecule has 2 aromatic rings. The number of benzene rings is 2. The SMILES string of the molecule is Cc1ccc(NC(=O)[C@@H]2CCN(S(C)(=O)=O)c3cc(C)ccc3O2)cc1. The van der Waals surface area contributed by atoms with Gasteiger partial charge in [0.15, 0.2) is 6.10 Å². The molecule has 1 aliphatic heterocycles. The highest BCUT2D eigenvalue weighted by Gasteiger charge is 2.31. The number of anilines is 2. The molecule has 26 heavy (non-hydrogen) atoms. The van der Waals surface area contributed by atoms with Gasteiger partial charge in [-0.05, 0) is 43.7 Å². The van der Waals surface area contributed by atoms with Crippen molar-refractivity contribution in [2.45, 2.75) is 26.4 Å². The van der Waals surface area contributed by atoms with Crippen molar-refractivity contribution in [3.63, 3.8) is 0 Å². The van der Waals surface area contributed by atoms with E-state index in [4.69, 9.17) is 4.74 Å². The van der Waals surface area contributed by atoms with Crippen LogP contribution in [-0.2, 0) is 14.8 Å². The van der Waals surface area contributed by atoms with E-state index in [1.54, 1.807) is 12.1 Å². The van der Waals surface area contributed by atoms with E-state index in [1.807, 2.05) is 44.2 Å². The van der Waals surface area contributed by atoms with Crippen LogP contribution in [0.3, 0.4) is 0 Å². The second-order valence-corrected chi connectivity index (χ2v) is 8.46. The summed E-state index contributed by atoms with van der Waals surface area (Å²) < 4.78 is 31.5. The van der Waals surface area contributed by atoms with Gasteiger partial charge in [-0.15, -0.1) is 0 Å². The first kappa shape index (κ1) is 18.3. The number of hydrogen-bond acceptors (Lipinski definition) is 4. The highest BCUT2D eigenvalue weighted by atomic mass is 32.2. The third-order valence-electron chi connectivity index (χ3n) is 4.26. The Kier molecular flexibility index (Phi) is 4.91. The van der Waals surface area contributed by atoms with Crippen molar-refractivity contribution in [2.75, 3.05) is 22.4 Å². The molecule has 6 nitrogen and oxygen atoms in total. The average molecular weight is 374 g/mol. The van der Waals surface area contributed by atoms with E-state index < -0.39 is 16.1 Å². The number of ether oxygens (including phenoxy) is 1. The summed E-state index contributed by atoms with van der Waals surface area (Å²) in [6.07, 6.45) is 0.647. The fourth-order valence-electron chi connectivity index (χ4n) is 2.88. The summed E-state index contributed by atoms with van der Waals surface area (Å²) in [6.45, 7) is 4.03. The average Bonchev–Trinajstić information content (AvgIpc) is 2.76. The number of aryl methyl sites for hydroxylation is 2. The lowest BCUT2D eigenvalue weighted by Crippen LogP contribution is -2.35. The smallest absolute Gasteiger partial charge is 0.265 e. The maximum atomic E-state index is 12.6. The van der Waals surface area contributed by atoms with Crippen molar-refractivity contribution in [1.82, 2.24) is 0 Å². The highest BCUT2D eigenvalue weighted by Crippen LogP contribution is 2.35. The molecular formula is C19H22N2O4S. The van der Waals surface area contributed by atoms with Crippen molar-refractivity contribution in [3.05, 3.63) is 53.6 Å². The van der Waals surface area contributed by atoms with E-state index in [1.165, 1.54) is 4.31 Å². The molecule has 1 atom stereocenters. The van der Waals surface area contributed by atoms with Gasteiger partial charge in [-0.25, -0.2) is 8.42 Å². The van der Waals surface area contributed by atoms with Crippen LogP contribution in [0.4, 0.5) is 11.4 Å². The number of nitrogens with zero attached hydrogens (tertiary/aromatic N) is 1. The van der Waals surface area contributed by atoms with Crippen molar-refractivity contribution in [3.8, 4) is 5.75 Å². The molecule has 2 aromatic carbocycles. The van der Waals surface area contributed by atoms with Crippen LogP contribution in [0, 0.1) is 13.8 Å². The molecule has 1 N–H and O–H groups in total. The summed E-state index contributed by atoms with van der Waals surface area (Å²) in [5, 5.41) is 2.83. The van der Waals surface area contributed by atoms with E-state index in [0.29, 0.717) is 17.1 Å². The normalized spacial score (nSPS) is 17.0.